The number of thioether (sulfide) groups is 1. The Morgan fingerprint density at radius 3 is 2.60 bits per heavy atom. The summed E-state index contributed by atoms with van der Waals surface area (Å²) in [4.78, 5) is 1.39. The fourth-order valence-electron chi connectivity index (χ4n) is 1.40. The highest BCUT2D eigenvalue weighted by molar-refractivity contribution is 7.99. The largest absolute Gasteiger partial charge is 0.317 e. The maximum atomic E-state index is 3.27. The molecule has 0 bridgehead atoms. The minimum atomic E-state index is 0.659. The molecule has 0 fully saturated rings. The molecular formula is C13H21NS. The number of benzene rings is 1. The van der Waals surface area contributed by atoms with Crippen LogP contribution in [0, 0.1) is 0 Å². The van der Waals surface area contributed by atoms with E-state index in [1.165, 1.54) is 29.9 Å². The quantitative estimate of drug-likeness (QED) is 0.560. The summed E-state index contributed by atoms with van der Waals surface area (Å²) >= 11 is 1.96. The Morgan fingerprint density at radius 1 is 1.20 bits per heavy atom. The van der Waals surface area contributed by atoms with Gasteiger partial charge < -0.3 is 5.32 Å². The molecule has 0 saturated carbocycles. The maximum absolute atomic E-state index is 3.27. The van der Waals surface area contributed by atoms with Crippen LogP contribution in [0.15, 0.2) is 35.2 Å². The highest BCUT2D eigenvalue weighted by Crippen LogP contribution is 2.18. The third-order valence-corrected chi connectivity index (χ3v) is 3.63. The second kappa shape index (κ2) is 7.77. The van der Waals surface area contributed by atoms with Crippen LogP contribution in [0.3, 0.4) is 0 Å². The maximum Gasteiger partial charge on any atom is 0.00719 e. The van der Waals surface area contributed by atoms with Crippen LogP contribution in [-0.2, 0) is 0 Å². The highest BCUT2D eigenvalue weighted by Gasteiger charge is 1.97. The van der Waals surface area contributed by atoms with Gasteiger partial charge in [0.2, 0.25) is 0 Å². The molecule has 1 rings (SSSR count). The highest BCUT2D eigenvalue weighted by atomic mass is 32.2. The van der Waals surface area contributed by atoms with Crippen molar-refractivity contribution in [2.45, 2.75) is 37.1 Å². The zero-order valence-electron chi connectivity index (χ0n) is 9.70. The Balaban J connectivity index is 2.03. The average molecular weight is 223 g/mol. The van der Waals surface area contributed by atoms with Crippen molar-refractivity contribution in [3.05, 3.63) is 30.3 Å². The minimum absolute atomic E-state index is 0.659. The SMILES string of the molecule is CNC(C)CCCCSc1ccccc1. The van der Waals surface area contributed by atoms with Crippen LogP contribution in [0.2, 0.25) is 0 Å². The van der Waals surface area contributed by atoms with E-state index in [1.54, 1.807) is 0 Å². The molecule has 1 nitrogen and oxygen atoms in total. The summed E-state index contributed by atoms with van der Waals surface area (Å²) in [5.74, 6) is 1.24. The predicted octanol–water partition coefficient (Wildman–Crippen LogP) is 3.56. The Hall–Kier alpha value is -0.470. The molecule has 0 amide bonds. The smallest absolute Gasteiger partial charge is 0.00719 e. The van der Waals surface area contributed by atoms with Crippen molar-refractivity contribution in [2.24, 2.45) is 0 Å². The molecule has 1 aromatic rings. The van der Waals surface area contributed by atoms with Crippen molar-refractivity contribution in [2.75, 3.05) is 12.8 Å². The Labute approximate surface area is 97.7 Å². The lowest BCUT2D eigenvalue weighted by atomic mass is 10.1. The zero-order chi connectivity index (χ0) is 10.9. The third kappa shape index (κ3) is 5.85. The normalized spacial score (nSPS) is 12.7. The summed E-state index contributed by atoms with van der Waals surface area (Å²) in [6.07, 6.45) is 3.92. The van der Waals surface area contributed by atoms with Gasteiger partial charge in [0.1, 0.15) is 0 Å². The molecule has 0 spiro atoms. The molecule has 1 aromatic carbocycles. The monoisotopic (exact) mass is 223 g/mol. The topological polar surface area (TPSA) is 12.0 Å². The molecule has 1 unspecified atom stereocenters. The van der Waals surface area contributed by atoms with Gasteiger partial charge in [0.15, 0.2) is 0 Å². The molecule has 15 heavy (non-hydrogen) atoms. The third-order valence-electron chi connectivity index (χ3n) is 2.54. The standard InChI is InChI=1S/C13H21NS/c1-12(14-2)8-6-7-11-15-13-9-4-3-5-10-13/h3-5,9-10,12,14H,6-8,11H2,1-2H3. The molecule has 2 heteroatoms. The van der Waals surface area contributed by atoms with Gasteiger partial charge >= 0.3 is 0 Å². The first-order valence-corrected chi connectivity index (χ1v) is 6.66. The van der Waals surface area contributed by atoms with Gasteiger partial charge in [-0.25, -0.2) is 0 Å². The van der Waals surface area contributed by atoms with E-state index in [0.717, 1.165) is 0 Å². The lowest BCUT2D eigenvalue weighted by molar-refractivity contribution is 0.539. The summed E-state index contributed by atoms with van der Waals surface area (Å²) in [5, 5.41) is 3.27. The van der Waals surface area contributed by atoms with Gasteiger partial charge in [-0.15, -0.1) is 11.8 Å². The molecule has 0 aromatic heterocycles. The molecule has 0 aliphatic rings. The van der Waals surface area contributed by atoms with Gasteiger partial charge in [0.25, 0.3) is 0 Å². The second-order valence-corrected chi connectivity index (χ2v) is 5.02. The Morgan fingerprint density at radius 2 is 1.93 bits per heavy atom. The van der Waals surface area contributed by atoms with Crippen LogP contribution >= 0.6 is 11.8 Å². The fraction of sp³-hybridized carbons (Fsp3) is 0.538. The van der Waals surface area contributed by atoms with Crippen LogP contribution in [0.5, 0.6) is 0 Å². The van der Waals surface area contributed by atoms with Crippen molar-refractivity contribution < 1.29 is 0 Å². The summed E-state index contributed by atoms with van der Waals surface area (Å²) in [7, 11) is 2.03. The first kappa shape index (κ1) is 12.6. The number of unbranched alkanes of at least 4 members (excludes halogenated alkanes) is 1. The van der Waals surface area contributed by atoms with Gasteiger partial charge in [0.05, 0.1) is 0 Å². The first-order chi connectivity index (χ1) is 7.33. The van der Waals surface area contributed by atoms with E-state index in [9.17, 15) is 0 Å². The molecule has 0 saturated heterocycles. The van der Waals surface area contributed by atoms with E-state index in [1.807, 2.05) is 18.8 Å². The minimum Gasteiger partial charge on any atom is -0.317 e. The van der Waals surface area contributed by atoms with Gasteiger partial charge in [-0.1, -0.05) is 24.6 Å². The van der Waals surface area contributed by atoms with Crippen LogP contribution in [-0.4, -0.2) is 18.8 Å². The molecule has 84 valence electrons. The second-order valence-electron chi connectivity index (χ2n) is 3.85. The van der Waals surface area contributed by atoms with E-state index < -0.39 is 0 Å². The summed E-state index contributed by atoms with van der Waals surface area (Å²) in [6, 6.07) is 11.3. The molecule has 0 radical (unpaired) electrons. The van der Waals surface area contributed by atoms with Crippen molar-refractivity contribution in [1.29, 1.82) is 0 Å². The predicted molar refractivity (Wildman–Crippen MR) is 69.5 cm³/mol. The first-order valence-electron chi connectivity index (χ1n) is 5.68. The Bertz CT molecular complexity index is 248. The van der Waals surface area contributed by atoms with E-state index in [0.29, 0.717) is 6.04 Å². The van der Waals surface area contributed by atoms with E-state index in [4.69, 9.17) is 0 Å². The van der Waals surface area contributed by atoms with E-state index in [-0.39, 0.29) is 0 Å². The van der Waals surface area contributed by atoms with Crippen LogP contribution in [0.1, 0.15) is 26.2 Å². The molecule has 1 N–H and O–H groups in total. The number of hydrogen-bond donors (Lipinski definition) is 1. The molecule has 0 heterocycles. The number of hydrogen-bond acceptors (Lipinski definition) is 2. The van der Waals surface area contributed by atoms with Crippen molar-refractivity contribution in [3.8, 4) is 0 Å². The van der Waals surface area contributed by atoms with Gasteiger partial charge in [0, 0.05) is 10.9 Å². The molecule has 1 atom stereocenters. The fourth-order valence-corrected chi connectivity index (χ4v) is 2.34. The van der Waals surface area contributed by atoms with E-state index >= 15 is 0 Å². The average Bonchev–Trinajstić information content (AvgIpc) is 2.29. The summed E-state index contributed by atoms with van der Waals surface area (Å²) in [5.41, 5.74) is 0. The van der Waals surface area contributed by atoms with Gasteiger partial charge in [-0.2, -0.15) is 0 Å². The van der Waals surface area contributed by atoms with Crippen molar-refractivity contribution in [3.63, 3.8) is 0 Å². The number of rotatable bonds is 7. The number of nitrogens with one attached hydrogen (secondary N) is 1. The summed E-state index contributed by atoms with van der Waals surface area (Å²) < 4.78 is 0. The zero-order valence-corrected chi connectivity index (χ0v) is 10.5. The molecule has 0 aliphatic heterocycles. The molecular weight excluding hydrogens is 202 g/mol. The van der Waals surface area contributed by atoms with Gasteiger partial charge in [-0.3, -0.25) is 0 Å². The van der Waals surface area contributed by atoms with Crippen LogP contribution in [0.25, 0.3) is 0 Å². The summed E-state index contributed by atoms with van der Waals surface area (Å²) in [6.45, 7) is 2.24. The Kier molecular flexibility index (Phi) is 6.53. The van der Waals surface area contributed by atoms with Crippen LogP contribution in [0.4, 0.5) is 0 Å². The lowest BCUT2D eigenvalue weighted by Gasteiger charge is -2.08. The van der Waals surface area contributed by atoms with Crippen molar-refractivity contribution in [1.82, 2.24) is 5.32 Å². The molecule has 0 aliphatic carbocycles. The van der Waals surface area contributed by atoms with Crippen molar-refractivity contribution >= 4 is 11.8 Å². The lowest BCUT2D eigenvalue weighted by Crippen LogP contribution is -2.20. The van der Waals surface area contributed by atoms with Crippen LogP contribution < -0.4 is 5.32 Å². The van der Waals surface area contributed by atoms with E-state index in [2.05, 4.69) is 42.6 Å². The van der Waals surface area contributed by atoms with Gasteiger partial charge in [-0.05, 0) is 44.7 Å².